The molecule has 100 valence electrons. The van der Waals surface area contributed by atoms with Crippen LogP contribution in [0.1, 0.15) is 21.5 Å². The van der Waals surface area contributed by atoms with Crippen molar-refractivity contribution in [3.8, 4) is 0 Å². The van der Waals surface area contributed by atoms with Gasteiger partial charge in [0.05, 0.1) is 0 Å². The standard InChI is InChI=1S/C17H15NOS/c1-11-3-8-14-15(10-18-16(14)9-11)17(19)12-4-6-13(20-2)7-5-12/h3-10,18H,1-2H3. The summed E-state index contributed by atoms with van der Waals surface area (Å²) in [7, 11) is 0. The highest BCUT2D eigenvalue weighted by atomic mass is 32.2. The van der Waals surface area contributed by atoms with Crippen molar-refractivity contribution in [1.29, 1.82) is 0 Å². The lowest BCUT2D eigenvalue weighted by Gasteiger charge is -2.02. The van der Waals surface area contributed by atoms with Crippen molar-refractivity contribution in [3.05, 3.63) is 65.4 Å². The fourth-order valence-corrected chi connectivity index (χ4v) is 2.73. The van der Waals surface area contributed by atoms with E-state index in [2.05, 4.69) is 11.1 Å². The summed E-state index contributed by atoms with van der Waals surface area (Å²) in [5.41, 5.74) is 3.65. The maximum atomic E-state index is 12.6. The first-order valence-corrected chi connectivity index (χ1v) is 7.68. The number of H-pyrrole nitrogens is 1. The molecule has 1 aromatic heterocycles. The number of hydrogen-bond donors (Lipinski definition) is 1. The van der Waals surface area contributed by atoms with Crippen LogP contribution >= 0.6 is 11.8 Å². The topological polar surface area (TPSA) is 32.9 Å². The Balaban J connectivity index is 2.03. The molecule has 0 saturated heterocycles. The Bertz CT molecular complexity index is 771. The van der Waals surface area contributed by atoms with Crippen molar-refractivity contribution in [2.75, 3.05) is 6.26 Å². The average Bonchev–Trinajstić information content (AvgIpc) is 2.89. The third-order valence-corrected chi connectivity index (χ3v) is 4.18. The lowest BCUT2D eigenvalue weighted by atomic mass is 10.0. The number of aromatic amines is 1. The first-order valence-electron chi connectivity index (χ1n) is 6.45. The van der Waals surface area contributed by atoms with E-state index in [9.17, 15) is 4.79 Å². The Labute approximate surface area is 122 Å². The van der Waals surface area contributed by atoms with Gasteiger partial charge in [0.15, 0.2) is 5.78 Å². The van der Waals surface area contributed by atoms with E-state index in [1.54, 1.807) is 18.0 Å². The van der Waals surface area contributed by atoms with E-state index in [4.69, 9.17) is 0 Å². The Hall–Kier alpha value is -2.00. The first-order chi connectivity index (χ1) is 9.69. The molecule has 0 spiro atoms. The molecule has 3 rings (SSSR count). The van der Waals surface area contributed by atoms with Crippen LogP contribution in [0.25, 0.3) is 10.9 Å². The minimum atomic E-state index is 0.0627. The third kappa shape index (κ3) is 2.25. The number of hydrogen-bond acceptors (Lipinski definition) is 2. The summed E-state index contributed by atoms with van der Waals surface area (Å²) in [4.78, 5) is 16.9. The summed E-state index contributed by atoms with van der Waals surface area (Å²) in [6.45, 7) is 2.04. The van der Waals surface area contributed by atoms with E-state index in [0.29, 0.717) is 0 Å². The minimum absolute atomic E-state index is 0.0627. The van der Waals surface area contributed by atoms with E-state index in [1.807, 2.05) is 49.6 Å². The molecule has 2 nitrogen and oxygen atoms in total. The number of rotatable bonds is 3. The zero-order valence-corrected chi connectivity index (χ0v) is 12.3. The molecule has 0 fully saturated rings. The van der Waals surface area contributed by atoms with E-state index < -0.39 is 0 Å². The average molecular weight is 281 g/mol. The van der Waals surface area contributed by atoms with Crippen molar-refractivity contribution in [1.82, 2.24) is 4.98 Å². The van der Waals surface area contributed by atoms with Gasteiger partial charge in [-0.1, -0.05) is 12.1 Å². The van der Waals surface area contributed by atoms with Crippen LogP contribution in [0.5, 0.6) is 0 Å². The molecule has 3 heteroatoms. The molecule has 0 amide bonds. The van der Waals surface area contributed by atoms with Gasteiger partial charge in [-0.2, -0.15) is 0 Å². The van der Waals surface area contributed by atoms with Gasteiger partial charge >= 0.3 is 0 Å². The number of fused-ring (bicyclic) bond motifs is 1. The second-order valence-corrected chi connectivity index (χ2v) is 5.69. The van der Waals surface area contributed by atoms with E-state index in [-0.39, 0.29) is 5.78 Å². The van der Waals surface area contributed by atoms with Crippen LogP contribution in [-0.2, 0) is 0 Å². The second-order valence-electron chi connectivity index (χ2n) is 4.81. The summed E-state index contributed by atoms with van der Waals surface area (Å²) in [6.07, 6.45) is 3.83. The van der Waals surface area contributed by atoms with Gasteiger partial charge in [-0.3, -0.25) is 4.79 Å². The molecular formula is C17H15NOS. The van der Waals surface area contributed by atoms with Crippen LogP contribution in [-0.4, -0.2) is 17.0 Å². The lowest BCUT2D eigenvalue weighted by Crippen LogP contribution is -1.99. The highest BCUT2D eigenvalue weighted by Crippen LogP contribution is 2.23. The molecular weight excluding hydrogens is 266 g/mol. The number of aromatic nitrogens is 1. The molecule has 2 aromatic carbocycles. The molecule has 0 aliphatic rings. The number of ketones is 1. The number of thioether (sulfide) groups is 1. The lowest BCUT2D eigenvalue weighted by molar-refractivity contribution is 0.104. The first kappa shape index (κ1) is 13.0. The van der Waals surface area contributed by atoms with Crippen molar-refractivity contribution >= 4 is 28.4 Å². The summed E-state index contributed by atoms with van der Waals surface area (Å²) in [6, 6.07) is 13.8. The Morgan fingerprint density at radius 2 is 1.85 bits per heavy atom. The number of aryl methyl sites for hydroxylation is 1. The largest absolute Gasteiger partial charge is 0.360 e. The molecule has 1 heterocycles. The van der Waals surface area contributed by atoms with Crippen LogP contribution in [0.3, 0.4) is 0 Å². The molecule has 0 aliphatic carbocycles. The predicted molar refractivity (Wildman–Crippen MR) is 84.7 cm³/mol. The molecule has 0 unspecified atom stereocenters. The van der Waals surface area contributed by atoms with Gasteiger partial charge < -0.3 is 4.98 Å². The summed E-state index contributed by atoms with van der Waals surface area (Å²) in [5.74, 6) is 0.0627. The summed E-state index contributed by atoms with van der Waals surface area (Å²) < 4.78 is 0. The Kier molecular flexibility index (Phi) is 3.36. The molecule has 1 N–H and O–H groups in total. The number of carbonyl (C=O) groups excluding carboxylic acids is 1. The van der Waals surface area contributed by atoms with E-state index in [1.165, 1.54) is 5.56 Å². The quantitative estimate of drug-likeness (QED) is 0.569. The Morgan fingerprint density at radius 1 is 1.10 bits per heavy atom. The predicted octanol–water partition coefficient (Wildman–Crippen LogP) is 4.43. The highest BCUT2D eigenvalue weighted by Gasteiger charge is 2.14. The molecule has 0 saturated carbocycles. The highest BCUT2D eigenvalue weighted by molar-refractivity contribution is 7.98. The van der Waals surface area contributed by atoms with Gasteiger partial charge in [-0.15, -0.1) is 11.8 Å². The van der Waals surface area contributed by atoms with E-state index >= 15 is 0 Å². The summed E-state index contributed by atoms with van der Waals surface area (Å²) >= 11 is 1.67. The fraction of sp³-hybridized carbons (Fsp3) is 0.118. The van der Waals surface area contributed by atoms with Crippen LogP contribution in [0.15, 0.2) is 53.6 Å². The third-order valence-electron chi connectivity index (χ3n) is 3.43. The van der Waals surface area contributed by atoms with Gasteiger partial charge in [0.1, 0.15) is 0 Å². The van der Waals surface area contributed by atoms with Crippen molar-refractivity contribution in [2.24, 2.45) is 0 Å². The van der Waals surface area contributed by atoms with Crippen molar-refractivity contribution in [3.63, 3.8) is 0 Å². The summed E-state index contributed by atoms with van der Waals surface area (Å²) in [5, 5.41) is 0.981. The van der Waals surface area contributed by atoms with Gasteiger partial charge in [0.25, 0.3) is 0 Å². The van der Waals surface area contributed by atoms with Crippen LogP contribution < -0.4 is 0 Å². The normalized spacial score (nSPS) is 10.9. The smallest absolute Gasteiger partial charge is 0.195 e. The monoisotopic (exact) mass is 281 g/mol. The fourth-order valence-electron chi connectivity index (χ4n) is 2.33. The molecule has 0 bridgehead atoms. The van der Waals surface area contributed by atoms with Gasteiger partial charge in [0.2, 0.25) is 0 Å². The maximum absolute atomic E-state index is 12.6. The Morgan fingerprint density at radius 3 is 2.55 bits per heavy atom. The number of carbonyl (C=O) groups is 1. The zero-order valence-electron chi connectivity index (χ0n) is 11.4. The minimum Gasteiger partial charge on any atom is -0.360 e. The molecule has 3 aromatic rings. The van der Waals surface area contributed by atoms with Crippen LogP contribution in [0, 0.1) is 6.92 Å². The number of benzene rings is 2. The zero-order chi connectivity index (χ0) is 14.1. The second kappa shape index (κ2) is 5.17. The van der Waals surface area contributed by atoms with E-state index in [0.717, 1.165) is 26.9 Å². The van der Waals surface area contributed by atoms with Gasteiger partial charge in [-0.25, -0.2) is 0 Å². The molecule has 0 atom stereocenters. The van der Waals surface area contributed by atoms with Crippen LogP contribution in [0.2, 0.25) is 0 Å². The SMILES string of the molecule is CSc1ccc(C(=O)c2c[nH]c3cc(C)ccc23)cc1. The van der Waals surface area contributed by atoms with Gasteiger partial charge in [-0.05, 0) is 49.1 Å². The van der Waals surface area contributed by atoms with Crippen molar-refractivity contribution < 1.29 is 4.79 Å². The number of nitrogens with one attached hydrogen (secondary N) is 1. The van der Waals surface area contributed by atoms with Gasteiger partial charge in [0, 0.05) is 33.1 Å². The maximum Gasteiger partial charge on any atom is 0.195 e. The van der Waals surface area contributed by atoms with Crippen molar-refractivity contribution in [2.45, 2.75) is 11.8 Å². The molecule has 20 heavy (non-hydrogen) atoms. The van der Waals surface area contributed by atoms with Crippen LogP contribution in [0.4, 0.5) is 0 Å². The molecule has 0 radical (unpaired) electrons. The molecule has 0 aliphatic heterocycles.